The van der Waals surface area contributed by atoms with E-state index in [9.17, 15) is 43.5 Å². The molecule has 0 bridgehead atoms. The van der Waals surface area contributed by atoms with Crippen LogP contribution in [0.15, 0.2) is 116 Å². The second kappa shape index (κ2) is 44.4. The summed E-state index contributed by atoms with van der Waals surface area (Å²) in [4.78, 5) is 203. The van der Waals surface area contributed by atoms with Gasteiger partial charge in [-0.3, -0.25) is 72.5 Å². The molecular formula is C76H105N17O15. The van der Waals surface area contributed by atoms with Crippen LogP contribution in [0.3, 0.4) is 0 Å². The minimum Gasteiger partial charge on any atom is -0.394 e. The summed E-state index contributed by atoms with van der Waals surface area (Å²) in [6.07, 6.45) is 9.13. The molecule has 108 heavy (non-hydrogen) atoms. The van der Waals surface area contributed by atoms with E-state index in [0.717, 1.165) is 10.8 Å². The molecule has 1 aliphatic rings. The number of benzene rings is 2. The third kappa shape index (κ3) is 28.5. The number of aromatic nitrogens is 3. The molecule has 16 N–H and O–H groups in total. The Bertz CT molecular complexity index is 3840. The van der Waals surface area contributed by atoms with Gasteiger partial charge >= 0.3 is 5.97 Å². The van der Waals surface area contributed by atoms with Crippen molar-refractivity contribution in [3.8, 4) is 0 Å². The molecule has 5 aromatic rings. The summed E-state index contributed by atoms with van der Waals surface area (Å²) >= 11 is 0. The van der Waals surface area contributed by atoms with Crippen LogP contribution in [-0.4, -0.2) is 201 Å². The molecule has 11 atom stereocenters. The van der Waals surface area contributed by atoms with Crippen LogP contribution in [0.4, 0.5) is 0 Å². The Hall–Kier alpha value is -10.7. The number of unbranched alkanes of at least 4 members (excludes halogenated alkanes) is 2. The summed E-state index contributed by atoms with van der Waals surface area (Å²) in [6, 6.07) is 8.54. The predicted molar refractivity (Wildman–Crippen MR) is 399 cm³/mol. The normalized spacial score (nSPS) is 15.4. The first kappa shape index (κ1) is 86.2. The van der Waals surface area contributed by atoms with Crippen LogP contribution < -0.4 is 70.1 Å². The number of amides is 11. The number of rotatable bonds is 45. The van der Waals surface area contributed by atoms with Gasteiger partial charge in [-0.2, -0.15) is 0 Å². The average Bonchev–Trinajstić information content (AvgIpc) is 1.34. The number of hydrogen-bond donors (Lipinski definition) is 14. The first-order valence-corrected chi connectivity index (χ1v) is 36.6. The number of nitrogens with one attached hydrogen (secondary N) is 11. The monoisotopic (exact) mass is 1500 g/mol. The molecule has 0 radical (unpaired) electrons. The van der Waals surface area contributed by atoms with Crippen molar-refractivity contribution in [1.82, 2.24) is 78.5 Å². The fourth-order valence-corrected chi connectivity index (χ4v) is 12.1. The Morgan fingerprint density at radius 1 is 0.546 bits per heavy atom. The molecular weight excluding hydrogens is 1390 g/mol. The average molecular weight is 1500 g/mol. The lowest BCUT2D eigenvalue weighted by atomic mass is 9.87. The topological polar surface area (TPSA) is 478 Å². The van der Waals surface area contributed by atoms with E-state index in [0.29, 0.717) is 36.9 Å². The van der Waals surface area contributed by atoms with Crippen LogP contribution in [-0.2, 0) is 70.4 Å². The molecule has 3 aromatic heterocycles. The zero-order valence-corrected chi connectivity index (χ0v) is 62.3. The maximum Gasteiger partial charge on any atom is 0.347 e. The lowest BCUT2D eigenvalue weighted by Gasteiger charge is -2.31. The lowest BCUT2D eigenvalue weighted by molar-refractivity contribution is -0.162. The van der Waals surface area contributed by atoms with Gasteiger partial charge < -0.3 is 79.5 Å². The number of carbonyl (C=O) groups is 13. The molecule has 6 rings (SSSR count). The molecule has 1 aliphatic heterocycles. The lowest BCUT2D eigenvalue weighted by Crippen LogP contribution is -2.60. The molecule has 0 aliphatic carbocycles. The maximum absolute atomic E-state index is 15.7. The van der Waals surface area contributed by atoms with Gasteiger partial charge in [-0.05, 0) is 149 Å². The molecule has 11 amide bonds. The molecule has 1 unspecified atom stereocenters. The summed E-state index contributed by atoms with van der Waals surface area (Å²) in [5.74, 6) is -12.1. The highest BCUT2D eigenvalue weighted by molar-refractivity contribution is 5.99. The molecule has 1 fully saturated rings. The van der Waals surface area contributed by atoms with Crippen LogP contribution in [0.2, 0.25) is 0 Å². The molecule has 584 valence electrons. The van der Waals surface area contributed by atoms with Gasteiger partial charge in [-0.1, -0.05) is 76.2 Å². The number of nitrogens with zero attached hydrogens (tertiary/aromatic N) is 4. The SMILES string of the molecule is CC(=O)N[C@@H](Cc1ccc2ccccc2c1)C(=O)N[C@H](CC(CCNC(=O)c1cccnc1)C(=O)[C@@H](CO)NC(=O)[C@H](Cc1cccnc1)NC(=O)[C@H](C)N)C(=O)N[C@H](CCCCNC(=O)c1cccnc1)C(=O)N[C@@H](CC(C)C)C(=O)N[C@@H](CCCCNC(C)C)C(=O)N1CCC[C@H]1C(=O)ON[C@H](C)C(N)=O. The number of fused-ring (bicyclic) bond motifs is 1. The Labute approximate surface area is 628 Å². The van der Waals surface area contributed by atoms with Crippen LogP contribution in [0.5, 0.6) is 0 Å². The van der Waals surface area contributed by atoms with Gasteiger partial charge in [0.15, 0.2) is 5.78 Å². The van der Waals surface area contributed by atoms with E-state index in [4.69, 9.17) is 16.3 Å². The van der Waals surface area contributed by atoms with Gasteiger partial charge in [0, 0.05) is 88.5 Å². The van der Waals surface area contributed by atoms with Crippen molar-refractivity contribution < 1.29 is 72.3 Å². The second-order valence-corrected chi connectivity index (χ2v) is 27.7. The molecule has 0 saturated carbocycles. The van der Waals surface area contributed by atoms with E-state index in [-0.39, 0.29) is 101 Å². The highest BCUT2D eigenvalue weighted by atomic mass is 16.7. The van der Waals surface area contributed by atoms with Crippen molar-refractivity contribution in [3.05, 3.63) is 138 Å². The summed E-state index contributed by atoms with van der Waals surface area (Å²) in [5.41, 5.74) is 15.1. The number of carbonyl (C=O) groups excluding carboxylic acids is 13. The zero-order chi connectivity index (χ0) is 78.8. The van der Waals surface area contributed by atoms with Gasteiger partial charge in [-0.25, -0.2) is 4.79 Å². The Balaban J connectivity index is 1.40. The van der Waals surface area contributed by atoms with E-state index in [1.165, 1.54) is 75.0 Å². The van der Waals surface area contributed by atoms with Crippen molar-refractivity contribution in [3.63, 3.8) is 0 Å². The smallest absolute Gasteiger partial charge is 0.347 e. The van der Waals surface area contributed by atoms with E-state index < -0.39 is 156 Å². The minimum absolute atomic E-state index is 0.0208. The summed E-state index contributed by atoms with van der Waals surface area (Å²) in [6.45, 7) is 10.9. The van der Waals surface area contributed by atoms with Crippen molar-refractivity contribution in [1.29, 1.82) is 0 Å². The number of primary amides is 1. The Morgan fingerprint density at radius 3 is 1.65 bits per heavy atom. The Morgan fingerprint density at radius 2 is 1.07 bits per heavy atom. The largest absolute Gasteiger partial charge is 0.394 e. The van der Waals surface area contributed by atoms with Gasteiger partial charge in [0.1, 0.15) is 54.4 Å². The highest BCUT2D eigenvalue weighted by Gasteiger charge is 2.41. The van der Waals surface area contributed by atoms with E-state index in [1.54, 1.807) is 44.2 Å². The summed E-state index contributed by atoms with van der Waals surface area (Å²) in [7, 11) is 0. The van der Waals surface area contributed by atoms with E-state index in [1.807, 2.05) is 50.2 Å². The molecule has 2 aromatic carbocycles. The van der Waals surface area contributed by atoms with E-state index in [2.05, 4.69) is 73.6 Å². The fraction of sp³-hybridized carbons (Fsp3) is 0.500. The van der Waals surface area contributed by atoms with Gasteiger partial charge in [0.05, 0.1) is 23.8 Å². The number of aliphatic hydroxyl groups excluding tert-OH is 1. The number of pyridine rings is 3. The first-order valence-electron chi connectivity index (χ1n) is 36.6. The number of hydroxylamine groups is 1. The molecule has 32 heteroatoms. The quantitative estimate of drug-likeness (QED) is 0.0188. The molecule has 4 heterocycles. The minimum atomic E-state index is -1.85. The Kier molecular flexibility index (Phi) is 35.5. The zero-order valence-electron chi connectivity index (χ0n) is 62.3. The second-order valence-electron chi connectivity index (χ2n) is 27.7. The molecule has 1 saturated heterocycles. The first-order chi connectivity index (χ1) is 51.6. The third-order valence-corrected chi connectivity index (χ3v) is 18.0. The number of ketones is 1. The van der Waals surface area contributed by atoms with Crippen molar-refractivity contribution in [2.24, 2.45) is 23.3 Å². The summed E-state index contributed by atoms with van der Waals surface area (Å²) in [5, 5.41) is 40.7. The van der Waals surface area contributed by atoms with Gasteiger partial charge in [0.25, 0.3) is 11.8 Å². The molecule has 32 nitrogen and oxygen atoms in total. The van der Waals surface area contributed by atoms with Crippen LogP contribution in [0, 0.1) is 11.8 Å². The molecule has 0 spiro atoms. The van der Waals surface area contributed by atoms with Crippen molar-refractivity contribution in [2.75, 3.05) is 32.8 Å². The maximum atomic E-state index is 15.7. The fourth-order valence-electron chi connectivity index (χ4n) is 12.1. The number of aliphatic hydroxyl groups is 1. The van der Waals surface area contributed by atoms with Gasteiger partial charge in [0.2, 0.25) is 53.2 Å². The standard InChI is InChI=1S/C76H105N17O15/c1-45(2)36-59(71(102)87-58(24-11-12-32-82-46(3)4)75(106)93-35-17-25-64(93)76(107)108-92-48(6)66(78)97)89-70(101)57(23-10-13-33-83-68(99)55-21-15-30-80-42-55)86-74(105)62(90-72(103)60(85-49(7)95)38-50-26-27-52-19-8-9-20-53(52)37-50)40-54(28-34-84-69(100)56-22-16-31-81-43-56)65(96)63(44-94)91-73(104)61(88-67(98)47(5)77)39-51-18-14-29-79-41-51/h8-9,14-16,18-22,26-27,29-31,37,41-43,45-48,54,57-64,82,92,94H,10-13,17,23-25,28,32-36,38-40,44,77H2,1-7H3,(H2,78,97)(H,83,99)(H,84,100)(H,85,95)(H,86,105)(H,87,102)(H,88,98)(H,89,101)(H,90,103)(H,91,104)/t47-,48+,54?,57+,58-,59-,60-,61-,62+,63+,64-/m0/s1. The third-order valence-electron chi connectivity index (χ3n) is 18.0. The van der Waals surface area contributed by atoms with Crippen molar-refractivity contribution in [2.45, 2.75) is 198 Å². The van der Waals surface area contributed by atoms with Crippen molar-refractivity contribution >= 4 is 87.5 Å². The predicted octanol–water partition coefficient (Wildman–Crippen LogP) is 0.686. The number of nitrogens with two attached hydrogens (primary N) is 2. The summed E-state index contributed by atoms with van der Waals surface area (Å²) < 4.78 is 0. The van der Waals surface area contributed by atoms with Gasteiger partial charge in [-0.15, -0.1) is 5.48 Å². The van der Waals surface area contributed by atoms with E-state index >= 15 is 24.0 Å². The number of likely N-dealkylation sites (tertiary alicyclic amines) is 1. The highest BCUT2D eigenvalue weighted by Crippen LogP contribution is 2.23. The number of hydrogen-bond acceptors (Lipinski definition) is 21. The van der Waals surface area contributed by atoms with Crippen LogP contribution >= 0.6 is 0 Å². The van der Waals surface area contributed by atoms with Crippen LogP contribution in [0.1, 0.15) is 151 Å². The number of Topliss-reactive ketones (excluding diaryl/α,β-unsaturated/α-hetero) is 1. The van der Waals surface area contributed by atoms with Crippen LogP contribution in [0.25, 0.3) is 10.8 Å².